The number of amidine groups is 1. The van der Waals surface area contributed by atoms with Gasteiger partial charge in [0.1, 0.15) is 5.41 Å². The van der Waals surface area contributed by atoms with E-state index < -0.39 is 5.41 Å². The average molecular weight is 273 g/mol. The highest BCUT2D eigenvalue weighted by molar-refractivity contribution is 7.98. The van der Waals surface area contributed by atoms with Gasteiger partial charge in [0.15, 0.2) is 5.84 Å². The molecule has 1 aliphatic rings. The Morgan fingerprint density at radius 1 is 1.44 bits per heavy atom. The minimum Gasteiger partial charge on any atom is -0.409 e. The molecule has 0 bridgehead atoms. The molecule has 4 N–H and O–H groups in total. The van der Waals surface area contributed by atoms with Gasteiger partial charge >= 0.3 is 0 Å². The van der Waals surface area contributed by atoms with E-state index in [0.29, 0.717) is 19.4 Å². The fraction of sp³-hybridized carbons (Fsp3) is 0.833. The molecular formula is C12H23N3O2S. The number of rotatable bonds is 8. The Hall–Kier alpha value is -0.910. The number of nitrogens with zero attached hydrogens (tertiary/aromatic N) is 1. The molecule has 0 aromatic heterocycles. The molecule has 0 aromatic carbocycles. The summed E-state index contributed by atoms with van der Waals surface area (Å²) in [6.07, 6.45) is 7.71. The minimum atomic E-state index is -0.742. The molecule has 1 aliphatic carbocycles. The fourth-order valence-electron chi connectivity index (χ4n) is 2.14. The molecule has 1 fully saturated rings. The predicted octanol–water partition coefficient (Wildman–Crippen LogP) is 1.55. The summed E-state index contributed by atoms with van der Waals surface area (Å²) in [5, 5.41) is 14.6. The number of hydrogen-bond donors (Lipinski definition) is 3. The van der Waals surface area contributed by atoms with E-state index in [9.17, 15) is 4.79 Å². The second-order valence-corrected chi connectivity index (χ2v) is 5.72. The zero-order valence-electron chi connectivity index (χ0n) is 10.9. The largest absolute Gasteiger partial charge is 0.409 e. The van der Waals surface area contributed by atoms with E-state index in [2.05, 4.69) is 16.7 Å². The van der Waals surface area contributed by atoms with Crippen LogP contribution in [-0.4, -0.2) is 35.5 Å². The molecule has 5 nitrogen and oxygen atoms in total. The van der Waals surface area contributed by atoms with Gasteiger partial charge in [0, 0.05) is 6.54 Å². The number of nitrogens with one attached hydrogen (secondary N) is 1. The van der Waals surface area contributed by atoms with Crippen molar-refractivity contribution in [2.75, 3.05) is 18.6 Å². The third kappa shape index (κ3) is 3.54. The maximum Gasteiger partial charge on any atom is 0.233 e. The van der Waals surface area contributed by atoms with E-state index in [1.165, 1.54) is 12.2 Å². The summed E-state index contributed by atoms with van der Waals surface area (Å²) < 4.78 is 0. The van der Waals surface area contributed by atoms with Crippen LogP contribution < -0.4 is 11.1 Å². The van der Waals surface area contributed by atoms with Gasteiger partial charge in [-0.3, -0.25) is 4.79 Å². The lowest BCUT2D eigenvalue weighted by atomic mass is 9.67. The van der Waals surface area contributed by atoms with Crippen LogP contribution in [0.3, 0.4) is 0 Å². The molecule has 0 unspecified atom stereocenters. The van der Waals surface area contributed by atoms with E-state index in [1.54, 1.807) is 0 Å². The lowest BCUT2D eigenvalue weighted by molar-refractivity contribution is -0.131. The smallest absolute Gasteiger partial charge is 0.233 e. The number of oxime groups is 1. The van der Waals surface area contributed by atoms with Crippen molar-refractivity contribution in [2.24, 2.45) is 16.3 Å². The van der Waals surface area contributed by atoms with Crippen LogP contribution in [0, 0.1) is 5.41 Å². The first-order valence-electron chi connectivity index (χ1n) is 6.42. The van der Waals surface area contributed by atoms with Gasteiger partial charge in [0.2, 0.25) is 5.91 Å². The molecule has 104 valence electrons. The Bertz CT molecular complexity index is 304. The molecule has 18 heavy (non-hydrogen) atoms. The first-order valence-corrected chi connectivity index (χ1v) is 7.82. The van der Waals surface area contributed by atoms with E-state index in [4.69, 9.17) is 10.9 Å². The Morgan fingerprint density at radius 3 is 2.67 bits per heavy atom. The molecule has 0 aliphatic heterocycles. The summed E-state index contributed by atoms with van der Waals surface area (Å²) in [5.74, 6) is 1.13. The van der Waals surface area contributed by atoms with Crippen molar-refractivity contribution in [3.8, 4) is 0 Å². The van der Waals surface area contributed by atoms with E-state index in [0.717, 1.165) is 19.3 Å². The maximum atomic E-state index is 12.0. The monoisotopic (exact) mass is 273 g/mol. The molecule has 0 spiro atoms. The summed E-state index contributed by atoms with van der Waals surface area (Å²) in [4.78, 5) is 12.0. The Labute approximate surface area is 113 Å². The molecule has 0 radical (unpaired) electrons. The van der Waals surface area contributed by atoms with Crippen molar-refractivity contribution >= 4 is 23.5 Å². The Kier molecular flexibility index (Phi) is 6.32. The van der Waals surface area contributed by atoms with Crippen LogP contribution in [0.5, 0.6) is 0 Å². The van der Waals surface area contributed by atoms with E-state index in [-0.39, 0.29) is 11.7 Å². The lowest BCUT2D eigenvalue weighted by Gasteiger charge is -2.38. The van der Waals surface area contributed by atoms with Gasteiger partial charge in [0.05, 0.1) is 0 Å². The third-order valence-electron chi connectivity index (χ3n) is 3.55. The van der Waals surface area contributed by atoms with Crippen LogP contribution in [0.4, 0.5) is 0 Å². The Morgan fingerprint density at radius 2 is 2.17 bits per heavy atom. The van der Waals surface area contributed by atoms with Crippen molar-refractivity contribution in [2.45, 2.75) is 38.5 Å². The molecule has 6 heteroatoms. The second kappa shape index (κ2) is 7.51. The number of unbranched alkanes of at least 4 members (excludes halogenated alkanes) is 2. The van der Waals surface area contributed by atoms with Crippen LogP contribution in [-0.2, 0) is 4.79 Å². The van der Waals surface area contributed by atoms with Crippen molar-refractivity contribution in [1.29, 1.82) is 0 Å². The van der Waals surface area contributed by atoms with E-state index >= 15 is 0 Å². The van der Waals surface area contributed by atoms with E-state index in [1.807, 2.05) is 11.8 Å². The summed E-state index contributed by atoms with van der Waals surface area (Å²) in [7, 11) is 0. The summed E-state index contributed by atoms with van der Waals surface area (Å²) >= 11 is 1.84. The lowest BCUT2D eigenvalue weighted by Crippen LogP contribution is -2.54. The number of amides is 1. The van der Waals surface area contributed by atoms with Crippen LogP contribution >= 0.6 is 11.8 Å². The van der Waals surface area contributed by atoms with Gasteiger partial charge in [-0.05, 0) is 37.7 Å². The number of carbonyl (C=O) groups excluding carboxylic acids is 1. The van der Waals surface area contributed by atoms with Crippen LogP contribution in [0.15, 0.2) is 5.16 Å². The first-order chi connectivity index (χ1) is 8.67. The quantitative estimate of drug-likeness (QED) is 0.206. The standard InChI is InChI=1S/C12H23N3O2S/c1-18-9-4-2-3-8-14-11(16)12(6-5-7-12)10(13)15-17/h17H,2-9H2,1H3,(H2,13,15)(H,14,16). The van der Waals surface area contributed by atoms with Crippen molar-refractivity contribution in [1.82, 2.24) is 5.32 Å². The highest BCUT2D eigenvalue weighted by Gasteiger charge is 2.48. The van der Waals surface area contributed by atoms with Crippen molar-refractivity contribution in [3.63, 3.8) is 0 Å². The maximum absolute atomic E-state index is 12.0. The van der Waals surface area contributed by atoms with Crippen molar-refractivity contribution < 1.29 is 10.0 Å². The van der Waals surface area contributed by atoms with Gasteiger partial charge in [-0.25, -0.2) is 0 Å². The van der Waals surface area contributed by atoms with Crippen LogP contribution in [0.1, 0.15) is 38.5 Å². The molecular weight excluding hydrogens is 250 g/mol. The highest BCUT2D eigenvalue weighted by Crippen LogP contribution is 2.41. The van der Waals surface area contributed by atoms with Crippen LogP contribution in [0.2, 0.25) is 0 Å². The molecule has 1 saturated carbocycles. The molecule has 0 saturated heterocycles. The van der Waals surface area contributed by atoms with Gasteiger partial charge < -0.3 is 16.3 Å². The van der Waals surface area contributed by atoms with Crippen LogP contribution in [0.25, 0.3) is 0 Å². The number of thioether (sulfide) groups is 1. The molecule has 0 aromatic rings. The van der Waals surface area contributed by atoms with Gasteiger partial charge in [-0.15, -0.1) is 0 Å². The second-order valence-electron chi connectivity index (χ2n) is 4.73. The highest BCUT2D eigenvalue weighted by atomic mass is 32.2. The summed E-state index contributed by atoms with van der Waals surface area (Å²) in [5.41, 5.74) is 4.88. The Balaban J connectivity index is 2.27. The van der Waals surface area contributed by atoms with Gasteiger partial charge in [0.25, 0.3) is 0 Å². The van der Waals surface area contributed by atoms with Gasteiger partial charge in [-0.1, -0.05) is 18.0 Å². The zero-order valence-corrected chi connectivity index (χ0v) is 11.8. The zero-order chi connectivity index (χ0) is 13.4. The third-order valence-corrected chi connectivity index (χ3v) is 4.25. The number of hydrogen-bond acceptors (Lipinski definition) is 4. The topological polar surface area (TPSA) is 87.7 Å². The molecule has 1 amide bonds. The SMILES string of the molecule is CSCCCCCNC(=O)C1(C(N)=NO)CCC1. The van der Waals surface area contributed by atoms with Crippen molar-refractivity contribution in [3.05, 3.63) is 0 Å². The molecule has 1 rings (SSSR count). The summed E-state index contributed by atoms with van der Waals surface area (Å²) in [6, 6.07) is 0. The normalized spacial score (nSPS) is 18.2. The fourth-order valence-corrected chi connectivity index (χ4v) is 2.64. The number of carbonyl (C=O) groups is 1. The molecule has 0 heterocycles. The first kappa shape index (κ1) is 15.1. The number of nitrogens with two attached hydrogens (primary N) is 1. The summed E-state index contributed by atoms with van der Waals surface area (Å²) in [6.45, 7) is 0.674. The minimum absolute atomic E-state index is 0.0497. The molecule has 0 atom stereocenters. The van der Waals surface area contributed by atoms with Gasteiger partial charge in [-0.2, -0.15) is 11.8 Å². The predicted molar refractivity (Wildman–Crippen MR) is 74.9 cm³/mol. The average Bonchev–Trinajstić information content (AvgIpc) is 2.32.